The van der Waals surface area contributed by atoms with Gasteiger partial charge in [0.25, 0.3) is 11.1 Å². The minimum absolute atomic E-state index is 0.000690. The van der Waals surface area contributed by atoms with Crippen molar-refractivity contribution in [2.45, 2.75) is 64.7 Å². The maximum absolute atomic E-state index is 11.8. The molecule has 0 aliphatic carbocycles. The van der Waals surface area contributed by atoms with Gasteiger partial charge in [-0.2, -0.15) is 0 Å². The molecule has 1 amide bonds. The van der Waals surface area contributed by atoms with Gasteiger partial charge in [-0.15, -0.1) is 0 Å². The minimum atomic E-state index is -0.683. The van der Waals surface area contributed by atoms with Gasteiger partial charge in [-0.05, 0) is 13.8 Å². The maximum Gasteiger partial charge on any atom is 0.330 e. The number of amides is 1. The van der Waals surface area contributed by atoms with E-state index in [0.29, 0.717) is 24.0 Å². The number of nitrogens with one attached hydrogen (secondary N) is 3. The molecule has 0 radical (unpaired) electrons. The van der Waals surface area contributed by atoms with Crippen molar-refractivity contribution in [3.8, 4) is 0 Å². The largest absolute Gasteiger partial charge is 0.394 e. The summed E-state index contributed by atoms with van der Waals surface area (Å²) in [7, 11) is 1.50. The Kier molecular flexibility index (Phi) is 10.1. The predicted octanol–water partition coefficient (Wildman–Crippen LogP) is -1.79. The molecule has 15 heteroatoms. The van der Waals surface area contributed by atoms with Crippen LogP contribution in [0.1, 0.15) is 49.8 Å². The van der Waals surface area contributed by atoms with Gasteiger partial charge in [0.05, 0.1) is 37.3 Å². The van der Waals surface area contributed by atoms with Gasteiger partial charge in [0, 0.05) is 49.8 Å². The number of aliphatic hydroxyl groups excluding tert-OH is 2. The van der Waals surface area contributed by atoms with Crippen molar-refractivity contribution in [3.05, 3.63) is 65.2 Å². The summed E-state index contributed by atoms with van der Waals surface area (Å²) < 4.78 is 13.6. The van der Waals surface area contributed by atoms with Crippen molar-refractivity contribution in [1.29, 1.82) is 0 Å². The van der Waals surface area contributed by atoms with E-state index in [-0.39, 0.29) is 31.3 Å². The van der Waals surface area contributed by atoms with Crippen LogP contribution in [0, 0.1) is 25.7 Å². The van der Waals surface area contributed by atoms with Crippen LogP contribution in [0.25, 0.3) is 0 Å². The number of aromatic amines is 2. The first kappa shape index (κ1) is 30.9. The number of aliphatic hydroxyl groups is 2. The van der Waals surface area contributed by atoms with E-state index in [2.05, 4.69) is 15.3 Å². The second-order valence-corrected chi connectivity index (χ2v) is 9.70. The van der Waals surface area contributed by atoms with Gasteiger partial charge in [0.2, 0.25) is 5.91 Å². The summed E-state index contributed by atoms with van der Waals surface area (Å²) in [4.78, 5) is 74.2. The lowest BCUT2D eigenvalue weighted by Gasteiger charge is -2.15. The Bertz CT molecular complexity index is 1350. The molecule has 0 spiro atoms. The molecular formula is C25H35N5O10. The van der Waals surface area contributed by atoms with E-state index >= 15 is 0 Å². The van der Waals surface area contributed by atoms with Crippen molar-refractivity contribution in [1.82, 2.24) is 24.4 Å². The van der Waals surface area contributed by atoms with Crippen LogP contribution in [0.5, 0.6) is 0 Å². The highest BCUT2D eigenvalue weighted by molar-refractivity contribution is 5.81. The van der Waals surface area contributed by atoms with Crippen molar-refractivity contribution >= 4 is 11.7 Å². The van der Waals surface area contributed by atoms with E-state index in [0.717, 1.165) is 0 Å². The van der Waals surface area contributed by atoms with Crippen LogP contribution in [-0.4, -0.2) is 73.5 Å². The molecule has 2 aliphatic heterocycles. The molecule has 2 saturated heterocycles. The Morgan fingerprint density at radius 3 is 1.70 bits per heavy atom. The Hall–Kier alpha value is -3.66. The molecule has 4 rings (SSSR count). The highest BCUT2D eigenvalue weighted by atomic mass is 16.5. The van der Waals surface area contributed by atoms with Crippen LogP contribution in [0.3, 0.4) is 0 Å². The number of carbonyl (C=O) groups is 2. The molecule has 0 bridgehead atoms. The standard InChI is InChI=1S/C13H18N2O5.C12H17N3O5/c1-3-9(17)8-4-11(20-10(8)6-16)15-5-7(2)12(18)14-13(15)19;1-6-4-15(12(19)14-10(6)17)9-3-7(11(18)13-2)8(5-16)20-9/h5,8,10-11,16H,3-4,6H2,1-2H3,(H,14,18,19);4,7-9,16H,3,5H2,1-2H3,(H,13,18)(H,14,17,19)/t8-,10+,11+;7-,8-,9-/m01/s1. The van der Waals surface area contributed by atoms with E-state index in [1.807, 2.05) is 0 Å². The fourth-order valence-corrected chi connectivity index (χ4v) is 4.80. The van der Waals surface area contributed by atoms with E-state index < -0.39 is 59.0 Å². The molecule has 2 fully saturated rings. The summed E-state index contributed by atoms with van der Waals surface area (Å²) >= 11 is 0. The Morgan fingerprint density at radius 2 is 1.30 bits per heavy atom. The molecule has 6 atom stereocenters. The fourth-order valence-electron chi connectivity index (χ4n) is 4.80. The number of Topliss-reactive ketones (excluding diaryl/α,β-unsaturated/α-hetero) is 1. The highest BCUT2D eigenvalue weighted by Crippen LogP contribution is 2.34. The normalized spacial score (nSPS) is 25.8. The van der Waals surface area contributed by atoms with Crippen LogP contribution >= 0.6 is 0 Å². The number of aryl methyl sites for hydroxylation is 2. The third-order valence-corrected chi connectivity index (χ3v) is 7.09. The van der Waals surface area contributed by atoms with Crippen molar-refractivity contribution in [2.24, 2.45) is 11.8 Å². The summed E-state index contributed by atoms with van der Waals surface area (Å²) in [5.41, 5.74) is -1.31. The number of aromatic nitrogens is 4. The Balaban J connectivity index is 0.000000220. The summed E-state index contributed by atoms with van der Waals surface area (Å²) in [5, 5.41) is 21.1. The number of H-pyrrole nitrogens is 2. The van der Waals surface area contributed by atoms with Crippen LogP contribution in [0.15, 0.2) is 31.6 Å². The molecule has 2 aromatic heterocycles. The summed E-state index contributed by atoms with van der Waals surface area (Å²) in [6, 6.07) is 0. The van der Waals surface area contributed by atoms with E-state index in [1.165, 1.54) is 28.6 Å². The molecule has 40 heavy (non-hydrogen) atoms. The number of ether oxygens (including phenoxy) is 2. The maximum atomic E-state index is 11.8. The average molecular weight is 566 g/mol. The molecule has 220 valence electrons. The average Bonchev–Trinajstić information content (AvgIpc) is 3.57. The quantitative estimate of drug-likeness (QED) is 0.254. The van der Waals surface area contributed by atoms with E-state index in [1.54, 1.807) is 20.8 Å². The molecule has 2 aliphatic rings. The number of carbonyl (C=O) groups excluding carboxylic acids is 2. The molecule has 5 N–H and O–H groups in total. The zero-order chi connectivity index (χ0) is 29.7. The van der Waals surface area contributed by atoms with Gasteiger partial charge >= 0.3 is 11.4 Å². The Morgan fingerprint density at radius 1 is 0.875 bits per heavy atom. The molecule has 2 aromatic rings. The Labute approximate surface area is 227 Å². The fraction of sp³-hybridized carbons (Fsp3) is 0.600. The van der Waals surface area contributed by atoms with Crippen molar-refractivity contribution in [3.63, 3.8) is 0 Å². The van der Waals surface area contributed by atoms with Crippen LogP contribution in [-0.2, 0) is 19.1 Å². The second-order valence-electron chi connectivity index (χ2n) is 9.70. The summed E-state index contributed by atoms with van der Waals surface area (Å²) in [6.45, 7) is 4.32. The van der Waals surface area contributed by atoms with Crippen molar-refractivity contribution in [2.75, 3.05) is 20.3 Å². The van der Waals surface area contributed by atoms with Gasteiger partial charge in [-0.3, -0.25) is 38.3 Å². The zero-order valence-corrected chi connectivity index (χ0v) is 22.7. The first-order valence-corrected chi connectivity index (χ1v) is 12.9. The lowest BCUT2D eigenvalue weighted by molar-refractivity contribution is -0.127. The topological polar surface area (TPSA) is 215 Å². The monoisotopic (exact) mass is 565 g/mol. The lowest BCUT2D eigenvalue weighted by atomic mass is 9.94. The first-order chi connectivity index (χ1) is 18.9. The number of nitrogens with zero attached hydrogens (tertiary/aromatic N) is 2. The van der Waals surface area contributed by atoms with Gasteiger partial charge in [-0.25, -0.2) is 9.59 Å². The molecule has 0 unspecified atom stereocenters. The zero-order valence-electron chi connectivity index (χ0n) is 22.7. The summed E-state index contributed by atoms with van der Waals surface area (Å²) in [6.07, 6.45) is 1.15. The third kappa shape index (κ3) is 6.55. The molecule has 15 nitrogen and oxygen atoms in total. The molecular weight excluding hydrogens is 530 g/mol. The van der Waals surface area contributed by atoms with Gasteiger partial charge < -0.3 is 25.0 Å². The smallest absolute Gasteiger partial charge is 0.330 e. The predicted molar refractivity (Wildman–Crippen MR) is 140 cm³/mol. The van der Waals surface area contributed by atoms with Crippen LogP contribution < -0.4 is 27.8 Å². The van der Waals surface area contributed by atoms with E-state index in [4.69, 9.17) is 9.47 Å². The number of rotatable bonds is 7. The number of hydrogen-bond acceptors (Lipinski definition) is 10. The highest BCUT2D eigenvalue weighted by Gasteiger charge is 2.41. The lowest BCUT2D eigenvalue weighted by Crippen LogP contribution is -2.34. The SMILES string of the molecule is CCC(=O)[C@@H]1C[C@H](n2cc(C)c(=O)[nH]c2=O)O[C@@H]1CO.CNC(=O)[C@@H]1C[C@H](n2cc(C)c(=O)[nH]c2=O)O[C@@H]1CO. The van der Waals surface area contributed by atoms with Gasteiger partial charge in [0.1, 0.15) is 18.2 Å². The summed E-state index contributed by atoms with van der Waals surface area (Å²) in [5.74, 6) is -1.20. The van der Waals surface area contributed by atoms with Crippen LogP contribution in [0.4, 0.5) is 0 Å². The first-order valence-electron chi connectivity index (χ1n) is 12.9. The molecule has 0 saturated carbocycles. The molecule has 4 heterocycles. The van der Waals surface area contributed by atoms with Gasteiger partial charge in [0.15, 0.2) is 0 Å². The van der Waals surface area contributed by atoms with E-state index in [9.17, 15) is 39.0 Å². The van der Waals surface area contributed by atoms with Crippen LogP contribution in [0.2, 0.25) is 0 Å². The van der Waals surface area contributed by atoms with Gasteiger partial charge in [-0.1, -0.05) is 6.92 Å². The molecule has 0 aromatic carbocycles. The number of hydrogen-bond donors (Lipinski definition) is 5. The third-order valence-electron chi connectivity index (χ3n) is 7.09. The van der Waals surface area contributed by atoms with Crippen molar-refractivity contribution < 1.29 is 29.3 Å². The second kappa shape index (κ2) is 13.1. The number of ketones is 1. The minimum Gasteiger partial charge on any atom is -0.394 e.